The number of nitrogens with zero attached hydrogens (tertiary/aromatic N) is 2. The maximum absolute atomic E-state index is 13.8. The molecular weight excluding hydrogens is 453 g/mol. The second-order valence-electron chi connectivity index (χ2n) is 8.68. The van der Waals surface area contributed by atoms with Gasteiger partial charge in [-0.15, -0.1) is 0 Å². The highest BCUT2D eigenvalue weighted by Crippen LogP contribution is 2.41. The van der Waals surface area contributed by atoms with Crippen LogP contribution in [0.15, 0.2) is 41.4 Å². The highest BCUT2D eigenvalue weighted by molar-refractivity contribution is 6.36. The highest BCUT2D eigenvalue weighted by Gasteiger charge is 2.32. The molecule has 10 heteroatoms. The Morgan fingerprint density at radius 3 is 2.83 bits per heavy atom. The van der Waals surface area contributed by atoms with E-state index in [1.807, 2.05) is 18.2 Å². The Hall–Kier alpha value is -3.92. The van der Waals surface area contributed by atoms with Crippen LogP contribution in [0.2, 0.25) is 0 Å². The SMILES string of the molecule is CN(C)C(N)=NCCCC(NCc1ccc2c(c1)COC2=C1C(=O)Nc2ccc(F)cc21)C(=O)O. The Morgan fingerprint density at radius 2 is 2.09 bits per heavy atom. The molecule has 0 saturated heterocycles. The van der Waals surface area contributed by atoms with E-state index in [-0.39, 0.29) is 12.5 Å². The van der Waals surface area contributed by atoms with Crippen LogP contribution in [0.3, 0.4) is 0 Å². The molecular formula is C25H28FN5O4. The summed E-state index contributed by atoms with van der Waals surface area (Å²) >= 11 is 0. The Balaban J connectivity index is 1.44. The monoisotopic (exact) mass is 481 g/mol. The smallest absolute Gasteiger partial charge is 0.320 e. The van der Waals surface area contributed by atoms with Crippen molar-refractivity contribution >= 4 is 34.9 Å². The average molecular weight is 482 g/mol. The molecule has 2 aromatic carbocycles. The van der Waals surface area contributed by atoms with E-state index in [1.165, 1.54) is 18.2 Å². The molecule has 0 aliphatic carbocycles. The van der Waals surface area contributed by atoms with Gasteiger partial charge in [0.05, 0.1) is 5.57 Å². The number of aliphatic imine (C=N–C) groups is 1. The summed E-state index contributed by atoms with van der Waals surface area (Å²) in [5.74, 6) is -0.867. The van der Waals surface area contributed by atoms with Gasteiger partial charge in [0, 0.05) is 49.6 Å². The molecule has 184 valence electrons. The summed E-state index contributed by atoms with van der Waals surface area (Å²) in [6, 6.07) is 9.07. The van der Waals surface area contributed by atoms with E-state index in [4.69, 9.17) is 10.5 Å². The number of anilines is 1. The number of aliphatic carboxylic acids is 1. The van der Waals surface area contributed by atoms with Crippen molar-refractivity contribution in [2.45, 2.75) is 32.0 Å². The van der Waals surface area contributed by atoms with Crippen molar-refractivity contribution in [3.63, 3.8) is 0 Å². The van der Waals surface area contributed by atoms with Gasteiger partial charge >= 0.3 is 5.97 Å². The first kappa shape index (κ1) is 24.2. The third-order valence-electron chi connectivity index (χ3n) is 5.97. The van der Waals surface area contributed by atoms with Crippen molar-refractivity contribution in [2.24, 2.45) is 10.7 Å². The van der Waals surface area contributed by atoms with E-state index in [2.05, 4.69) is 15.6 Å². The molecule has 2 aliphatic rings. The molecule has 35 heavy (non-hydrogen) atoms. The largest absolute Gasteiger partial charge is 0.487 e. The van der Waals surface area contributed by atoms with Gasteiger partial charge in [-0.2, -0.15) is 0 Å². The summed E-state index contributed by atoms with van der Waals surface area (Å²) in [7, 11) is 3.59. The summed E-state index contributed by atoms with van der Waals surface area (Å²) in [5, 5.41) is 15.4. The summed E-state index contributed by atoms with van der Waals surface area (Å²) in [5.41, 5.74) is 9.62. The van der Waals surface area contributed by atoms with Gasteiger partial charge in [-0.05, 0) is 36.6 Å². The van der Waals surface area contributed by atoms with Crippen LogP contribution in [0.1, 0.15) is 35.1 Å². The molecule has 1 amide bonds. The molecule has 4 rings (SSSR count). The second kappa shape index (κ2) is 10.1. The van der Waals surface area contributed by atoms with Gasteiger partial charge in [0.1, 0.15) is 24.2 Å². The third kappa shape index (κ3) is 5.27. The number of hydrogen-bond acceptors (Lipinski definition) is 5. The molecule has 0 spiro atoms. The summed E-state index contributed by atoms with van der Waals surface area (Å²) in [6.07, 6.45) is 0.993. The molecule has 0 radical (unpaired) electrons. The lowest BCUT2D eigenvalue weighted by atomic mass is 9.99. The van der Waals surface area contributed by atoms with Gasteiger partial charge in [0.25, 0.3) is 5.91 Å². The molecule has 0 aromatic heterocycles. The fourth-order valence-corrected chi connectivity index (χ4v) is 4.08. The van der Waals surface area contributed by atoms with E-state index in [1.54, 1.807) is 19.0 Å². The van der Waals surface area contributed by atoms with Crippen molar-refractivity contribution in [3.8, 4) is 0 Å². The van der Waals surface area contributed by atoms with Gasteiger partial charge < -0.3 is 31.1 Å². The minimum atomic E-state index is -0.927. The van der Waals surface area contributed by atoms with Gasteiger partial charge in [0.2, 0.25) is 0 Å². The molecule has 1 unspecified atom stereocenters. The zero-order valence-corrected chi connectivity index (χ0v) is 19.6. The van der Waals surface area contributed by atoms with E-state index < -0.39 is 17.8 Å². The van der Waals surface area contributed by atoms with Crippen LogP contribution in [0.25, 0.3) is 11.3 Å². The number of carbonyl (C=O) groups is 2. The van der Waals surface area contributed by atoms with E-state index in [0.29, 0.717) is 54.5 Å². The molecule has 1 atom stereocenters. The number of fused-ring (bicyclic) bond motifs is 2. The van der Waals surface area contributed by atoms with Crippen molar-refractivity contribution in [3.05, 3.63) is 64.5 Å². The number of guanidine groups is 1. The lowest BCUT2D eigenvalue weighted by Crippen LogP contribution is -2.36. The fourth-order valence-electron chi connectivity index (χ4n) is 4.08. The number of carboxylic acid groups (broad SMARTS) is 1. The number of hydrogen-bond donors (Lipinski definition) is 4. The highest BCUT2D eigenvalue weighted by atomic mass is 19.1. The van der Waals surface area contributed by atoms with Crippen LogP contribution < -0.4 is 16.4 Å². The number of nitrogens with two attached hydrogens (primary N) is 1. The Kier molecular flexibility index (Phi) is 7.02. The van der Waals surface area contributed by atoms with Crippen LogP contribution in [0.4, 0.5) is 10.1 Å². The number of amides is 1. The van der Waals surface area contributed by atoms with Crippen LogP contribution in [-0.4, -0.2) is 54.5 Å². The number of carbonyl (C=O) groups excluding carboxylic acids is 1. The zero-order chi connectivity index (χ0) is 25.1. The third-order valence-corrected chi connectivity index (χ3v) is 5.97. The topological polar surface area (TPSA) is 129 Å². The normalized spacial score (nSPS) is 17.5. The molecule has 2 aromatic rings. The molecule has 0 fully saturated rings. The Bertz CT molecular complexity index is 1220. The first-order chi connectivity index (χ1) is 16.7. The fraction of sp³-hybridized carbons (Fsp3) is 0.320. The summed E-state index contributed by atoms with van der Waals surface area (Å²) in [6.45, 7) is 1.07. The lowest BCUT2D eigenvalue weighted by Gasteiger charge is -2.15. The number of carboxylic acids is 1. The van der Waals surface area contributed by atoms with Crippen LogP contribution in [0, 0.1) is 5.82 Å². The first-order valence-corrected chi connectivity index (χ1v) is 11.3. The Morgan fingerprint density at radius 1 is 1.29 bits per heavy atom. The number of benzene rings is 2. The molecule has 2 heterocycles. The van der Waals surface area contributed by atoms with Gasteiger partial charge in [-0.1, -0.05) is 18.2 Å². The van der Waals surface area contributed by atoms with E-state index in [0.717, 1.165) is 16.7 Å². The zero-order valence-electron chi connectivity index (χ0n) is 19.6. The lowest BCUT2D eigenvalue weighted by molar-refractivity contribution is -0.139. The molecule has 0 saturated carbocycles. The van der Waals surface area contributed by atoms with E-state index in [9.17, 15) is 19.1 Å². The standard InChI is InChI=1S/C25H28FN5O4/c1-31(2)25(27)28-9-3-4-20(24(33)34)29-12-14-5-7-17-15(10-14)13-35-22(17)21-18-11-16(26)6-8-19(18)30-23(21)32/h5-8,10-11,20,29H,3-4,9,12-13H2,1-2H3,(H2,27,28)(H,30,32)(H,33,34). The van der Waals surface area contributed by atoms with Crippen molar-refractivity contribution in [1.82, 2.24) is 10.2 Å². The maximum Gasteiger partial charge on any atom is 0.320 e. The van der Waals surface area contributed by atoms with Gasteiger partial charge in [-0.3, -0.25) is 14.6 Å². The van der Waals surface area contributed by atoms with E-state index >= 15 is 0 Å². The number of ether oxygens (including phenoxy) is 1. The van der Waals surface area contributed by atoms with Gasteiger partial charge in [-0.25, -0.2) is 4.39 Å². The number of nitrogens with one attached hydrogen (secondary N) is 2. The first-order valence-electron chi connectivity index (χ1n) is 11.3. The van der Waals surface area contributed by atoms with Crippen LogP contribution in [-0.2, 0) is 27.5 Å². The van der Waals surface area contributed by atoms with Crippen molar-refractivity contribution in [1.29, 1.82) is 0 Å². The summed E-state index contributed by atoms with van der Waals surface area (Å²) < 4.78 is 19.7. The minimum Gasteiger partial charge on any atom is -0.487 e. The van der Waals surface area contributed by atoms with Crippen LogP contribution >= 0.6 is 0 Å². The Labute approximate surface area is 202 Å². The minimum absolute atomic E-state index is 0.271. The quantitative estimate of drug-likeness (QED) is 0.197. The predicted molar refractivity (Wildman–Crippen MR) is 131 cm³/mol. The molecule has 5 N–H and O–H groups in total. The second-order valence-corrected chi connectivity index (χ2v) is 8.68. The summed E-state index contributed by atoms with van der Waals surface area (Å²) in [4.78, 5) is 30.1. The molecule has 9 nitrogen and oxygen atoms in total. The predicted octanol–water partition coefficient (Wildman–Crippen LogP) is 2.38. The van der Waals surface area contributed by atoms with Crippen LogP contribution in [0.5, 0.6) is 0 Å². The molecule has 2 aliphatic heterocycles. The van der Waals surface area contributed by atoms with Gasteiger partial charge in [0.15, 0.2) is 5.96 Å². The number of rotatable bonds is 8. The average Bonchev–Trinajstić information content (AvgIpc) is 3.36. The number of halogens is 1. The van der Waals surface area contributed by atoms with Crippen molar-refractivity contribution < 1.29 is 23.8 Å². The van der Waals surface area contributed by atoms with Crippen molar-refractivity contribution in [2.75, 3.05) is 26.0 Å². The molecule has 0 bridgehead atoms. The maximum atomic E-state index is 13.8.